The maximum absolute atomic E-state index is 13.2. The van der Waals surface area contributed by atoms with E-state index in [1.165, 1.54) is 6.07 Å². The molecule has 0 saturated carbocycles. The predicted molar refractivity (Wildman–Crippen MR) is 81.1 cm³/mol. The third-order valence-corrected chi connectivity index (χ3v) is 4.01. The zero-order valence-corrected chi connectivity index (χ0v) is 13.2. The topological polar surface area (TPSA) is 45.1 Å². The Kier molecular flexibility index (Phi) is 4.90. The average Bonchev–Trinajstić information content (AvgIpc) is 2.45. The van der Waals surface area contributed by atoms with Crippen LogP contribution in [0.4, 0.5) is 14.6 Å². The predicted octanol–water partition coefficient (Wildman–Crippen LogP) is 3.96. The Morgan fingerprint density at radius 2 is 1.95 bits per heavy atom. The van der Waals surface area contributed by atoms with E-state index in [2.05, 4.69) is 26.2 Å². The molecule has 0 aliphatic rings. The summed E-state index contributed by atoms with van der Waals surface area (Å²) in [5.41, 5.74) is 1.31. The van der Waals surface area contributed by atoms with Gasteiger partial charge in [-0.25, -0.2) is 13.8 Å². The van der Waals surface area contributed by atoms with Crippen LogP contribution in [-0.2, 0) is 0 Å². The average molecular weight is 357 g/mol. The second kappa shape index (κ2) is 6.49. The number of hydrogen-bond donors (Lipinski definition) is 2. The summed E-state index contributed by atoms with van der Waals surface area (Å²) in [5.74, 6) is -1.31. The molecule has 21 heavy (non-hydrogen) atoms. The zero-order chi connectivity index (χ0) is 15.6. The van der Waals surface area contributed by atoms with E-state index < -0.39 is 23.8 Å². The molecule has 0 aliphatic heterocycles. The molecule has 2 atom stereocenters. The number of aliphatic hydroxyl groups is 1. The Hall–Kier alpha value is -1.53. The molecular formula is C15H15BrF2N2O. The fourth-order valence-electron chi connectivity index (χ4n) is 1.92. The largest absolute Gasteiger partial charge is 0.386 e. The number of anilines is 1. The Morgan fingerprint density at radius 1 is 1.24 bits per heavy atom. The van der Waals surface area contributed by atoms with Crippen molar-refractivity contribution in [2.75, 3.05) is 5.32 Å². The van der Waals surface area contributed by atoms with Crippen LogP contribution in [0.5, 0.6) is 0 Å². The van der Waals surface area contributed by atoms with Gasteiger partial charge in [0.15, 0.2) is 11.6 Å². The number of halogens is 3. The molecule has 3 nitrogen and oxygen atoms in total. The number of nitrogens with one attached hydrogen (secondary N) is 1. The van der Waals surface area contributed by atoms with Crippen molar-refractivity contribution >= 4 is 21.7 Å². The van der Waals surface area contributed by atoms with E-state index in [0.29, 0.717) is 11.4 Å². The van der Waals surface area contributed by atoms with Crippen molar-refractivity contribution in [3.05, 3.63) is 57.7 Å². The molecule has 0 bridgehead atoms. The van der Waals surface area contributed by atoms with Crippen molar-refractivity contribution < 1.29 is 13.9 Å². The Morgan fingerprint density at radius 3 is 2.57 bits per heavy atom. The molecule has 0 spiro atoms. The normalized spacial score (nSPS) is 13.8. The van der Waals surface area contributed by atoms with Crippen LogP contribution in [0, 0.1) is 18.6 Å². The van der Waals surface area contributed by atoms with Gasteiger partial charge in [-0.15, -0.1) is 0 Å². The van der Waals surface area contributed by atoms with E-state index >= 15 is 0 Å². The molecular weight excluding hydrogens is 342 g/mol. The number of hydrogen-bond acceptors (Lipinski definition) is 3. The lowest BCUT2D eigenvalue weighted by atomic mass is 10.0. The Bertz CT molecular complexity index is 652. The number of rotatable bonds is 4. The Labute approximate surface area is 130 Å². The smallest absolute Gasteiger partial charge is 0.159 e. The number of nitrogens with zero attached hydrogens (tertiary/aromatic N) is 1. The number of aliphatic hydroxyl groups excluding tert-OH is 1. The summed E-state index contributed by atoms with van der Waals surface area (Å²) in [5, 5.41) is 13.2. The molecule has 6 heteroatoms. The maximum Gasteiger partial charge on any atom is 0.159 e. The van der Waals surface area contributed by atoms with E-state index in [1.54, 1.807) is 13.1 Å². The second-order valence-corrected chi connectivity index (χ2v) is 5.72. The van der Waals surface area contributed by atoms with Crippen LogP contribution in [0.2, 0.25) is 0 Å². The van der Waals surface area contributed by atoms with Gasteiger partial charge in [0, 0.05) is 10.7 Å². The van der Waals surface area contributed by atoms with Gasteiger partial charge < -0.3 is 10.4 Å². The van der Waals surface area contributed by atoms with E-state index in [9.17, 15) is 13.9 Å². The summed E-state index contributed by atoms with van der Waals surface area (Å²) in [7, 11) is 0. The van der Waals surface area contributed by atoms with E-state index in [4.69, 9.17) is 0 Å². The van der Waals surface area contributed by atoms with Crippen LogP contribution < -0.4 is 5.32 Å². The number of aryl methyl sites for hydroxylation is 1. The summed E-state index contributed by atoms with van der Waals surface area (Å²) < 4.78 is 27.0. The first kappa shape index (κ1) is 15.9. The van der Waals surface area contributed by atoms with Crippen LogP contribution >= 0.6 is 15.9 Å². The molecule has 2 rings (SSSR count). The summed E-state index contributed by atoms with van der Waals surface area (Å²) in [6, 6.07) is 4.78. The quantitative estimate of drug-likeness (QED) is 0.871. The summed E-state index contributed by atoms with van der Waals surface area (Å²) in [6.07, 6.45) is 0.680. The number of benzene rings is 1. The minimum atomic E-state index is -0.981. The minimum absolute atomic E-state index is 0.308. The lowest BCUT2D eigenvalue weighted by Gasteiger charge is -2.21. The molecule has 0 aliphatic carbocycles. The van der Waals surface area contributed by atoms with Gasteiger partial charge in [0.2, 0.25) is 0 Å². The third-order valence-electron chi connectivity index (χ3n) is 3.18. The summed E-state index contributed by atoms with van der Waals surface area (Å²) in [6.45, 7) is 3.67. The van der Waals surface area contributed by atoms with Gasteiger partial charge in [-0.1, -0.05) is 6.07 Å². The molecule has 0 fully saturated rings. The standard InChI is InChI=1S/C15H15BrF2N2O/c1-8-5-14(19-7-11(8)16)20-9(2)15(21)10-3-4-12(17)13(18)6-10/h3-7,9,15,21H,1-2H3,(H,19,20). The van der Waals surface area contributed by atoms with Crippen molar-refractivity contribution in [2.24, 2.45) is 0 Å². The highest BCUT2D eigenvalue weighted by Crippen LogP contribution is 2.23. The van der Waals surface area contributed by atoms with Crippen LogP contribution in [0.1, 0.15) is 24.2 Å². The van der Waals surface area contributed by atoms with Gasteiger partial charge in [-0.3, -0.25) is 0 Å². The first-order valence-electron chi connectivity index (χ1n) is 6.40. The molecule has 2 unspecified atom stereocenters. The van der Waals surface area contributed by atoms with Crippen molar-refractivity contribution in [2.45, 2.75) is 26.0 Å². The lowest BCUT2D eigenvalue weighted by Crippen LogP contribution is -2.24. The molecule has 0 amide bonds. The van der Waals surface area contributed by atoms with Crippen molar-refractivity contribution in [1.82, 2.24) is 4.98 Å². The van der Waals surface area contributed by atoms with Gasteiger partial charge in [-0.05, 0) is 59.1 Å². The van der Waals surface area contributed by atoms with Crippen LogP contribution in [0.3, 0.4) is 0 Å². The first-order chi connectivity index (χ1) is 9.88. The second-order valence-electron chi connectivity index (χ2n) is 4.87. The van der Waals surface area contributed by atoms with E-state index in [1.807, 2.05) is 13.0 Å². The monoisotopic (exact) mass is 356 g/mol. The molecule has 1 aromatic carbocycles. The van der Waals surface area contributed by atoms with Gasteiger partial charge >= 0.3 is 0 Å². The minimum Gasteiger partial charge on any atom is -0.386 e. The molecule has 112 valence electrons. The fraction of sp³-hybridized carbons (Fsp3) is 0.267. The van der Waals surface area contributed by atoms with Crippen molar-refractivity contribution in [3.63, 3.8) is 0 Å². The highest BCUT2D eigenvalue weighted by Gasteiger charge is 2.18. The van der Waals surface area contributed by atoms with E-state index in [0.717, 1.165) is 22.2 Å². The highest BCUT2D eigenvalue weighted by atomic mass is 79.9. The fourth-order valence-corrected chi connectivity index (χ4v) is 2.13. The van der Waals surface area contributed by atoms with Gasteiger partial charge in [0.25, 0.3) is 0 Å². The number of pyridine rings is 1. The summed E-state index contributed by atoms with van der Waals surface area (Å²) in [4.78, 5) is 4.18. The molecule has 1 aromatic heterocycles. The number of aromatic nitrogens is 1. The SMILES string of the molecule is Cc1cc(NC(C)C(O)c2ccc(F)c(F)c2)ncc1Br. The van der Waals surface area contributed by atoms with Crippen LogP contribution in [-0.4, -0.2) is 16.1 Å². The third kappa shape index (κ3) is 3.77. The maximum atomic E-state index is 13.2. The first-order valence-corrected chi connectivity index (χ1v) is 7.19. The zero-order valence-electron chi connectivity index (χ0n) is 11.6. The molecule has 0 radical (unpaired) electrons. The van der Waals surface area contributed by atoms with Gasteiger partial charge in [-0.2, -0.15) is 0 Å². The molecule has 2 aromatic rings. The van der Waals surface area contributed by atoms with Gasteiger partial charge in [0.1, 0.15) is 5.82 Å². The van der Waals surface area contributed by atoms with E-state index in [-0.39, 0.29) is 0 Å². The highest BCUT2D eigenvalue weighted by molar-refractivity contribution is 9.10. The van der Waals surface area contributed by atoms with Crippen LogP contribution in [0.15, 0.2) is 34.9 Å². The molecule has 0 saturated heterocycles. The molecule has 2 N–H and O–H groups in total. The summed E-state index contributed by atoms with van der Waals surface area (Å²) >= 11 is 3.36. The van der Waals surface area contributed by atoms with Crippen molar-refractivity contribution in [1.29, 1.82) is 0 Å². The van der Waals surface area contributed by atoms with Gasteiger partial charge in [0.05, 0.1) is 12.1 Å². The Balaban J connectivity index is 2.13. The van der Waals surface area contributed by atoms with Crippen molar-refractivity contribution in [3.8, 4) is 0 Å². The lowest BCUT2D eigenvalue weighted by molar-refractivity contribution is 0.160. The van der Waals surface area contributed by atoms with Crippen LogP contribution in [0.25, 0.3) is 0 Å². The molecule has 1 heterocycles.